The number of aromatic nitrogens is 2. The topological polar surface area (TPSA) is 84.4 Å². The fourth-order valence-electron chi connectivity index (χ4n) is 3.77. The van der Waals surface area contributed by atoms with Crippen molar-refractivity contribution in [1.29, 1.82) is 0 Å². The van der Waals surface area contributed by atoms with Crippen LogP contribution in [0.25, 0.3) is 0 Å². The van der Waals surface area contributed by atoms with Gasteiger partial charge >= 0.3 is 0 Å². The van der Waals surface area contributed by atoms with Gasteiger partial charge in [0.15, 0.2) is 5.60 Å². The van der Waals surface area contributed by atoms with Crippen LogP contribution in [0.4, 0.5) is 10.8 Å². The second-order valence-electron chi connectivity index (χ2n) is 8.72. The van der Waals surface area contributed by atoms with E-state index in [-0.39, 0.29) is 17.7 Å². The van der Waals surface area contributed by atoms with Gasteiger partial charge in [-0.15, -0.1) is 10.2 Å². The molecule has 1 aromatic heterocycles. The second kappa shape index (κ2) is 9.11. The molecule has 3 aromatic rings. The number of benzene rings is 2. The highest BCUT2D eigenvalue weighted by Crippen LogP contribution is 2.35. The Morgan fingerprint density at radius 1 is 1.15 bits per heavy atom. The number of amides is 2. The maximum atomic E-state index is 12.8. The third kappa shape index (κ3) is 5.34. The fourth-order valence-corrected chi connectivity index (χ4v) is 4.73. The molecule has 0 bridgehead atoms. The third-order valence-electron chi connectivity index (χ3n) is 5.39. The van der Waals surface area contributed by atoms with Gasteiger partial charge < -0.3 is 9.64 Å². The molecule has 1 aliphatic rings. The largest absolute Gasteiger partial charge is 0.478 e. The Labute approximate surface area is 201 Å². The van der Waals surface area contributed by atoms with Gasteiger partial charge in [-0.05, 0) is 75.2 Å². The summed E-state index contributed by atoms with van der Waals surface area (Å²) < 4.78 is 5.83. The van der Waals surface area contributed by atoms with E-state index in [0.717, 1.165) is 21.8 Å². The number of anilines is 2. The number of halogens is 1. The fraction of sp³-hybridized carbons (Fsp3) is 0.333. The molecule has 1 aliphatic heterocycles. The van der Waals surface area contributed by atoms with Crippen LogP contribution in [0.3, 0.4) is 0 Å². The Morgan fingerprint density at radius 2 is 1.82 bits per heavy atom. The minimum Gasteiger partial charge on any atom is -0.478 e. The molecule has 2 aromatic carbocycles. The highest BCUT2D eigenvalue weighted by atomic mass is 35.5. The smallest absolute Gasteiger partial charge is 0.269 e. The number of carbonyl (C=O) groups excluding carboxylic acids is 2. The van der Waals surface area contributed by atoms with Gasteiger partial charge in [0, 0.05) is 29.6 Å². The van der Waals surface area contributed by atoms with Crippen LogP contribution in [0.1, 0.15) is 42.3 Å². The molecule has 9 heteroatoms. The number of aryl methyl sites for hydroxylation is 2. The SMILES string of the molecule is Cc1cc(C)cc(N2CC(c3nnc(NC(=O)C(C)(C)Oc4ccc(Cl)cc4)s3)CC2=O)c1. The zero-order chi connectivity index (χ0) is 23.8. The van der Waals surface area contributed by atoms with Gasteiger partial charge in [-0.25, -0.2) is 0 Å². The van der Waals surface area contributed by atoms with Crippen molar-refractivity contribution in [2.24, 2.45) is 0 Å². The van der Waals surface area contributed by atoms with Crippen molar-refractivity contribution in [3.8, 4) is 5.75 Å². The predicted octanol–water partition coefficient (Wildman–Crippen LogP) is 5.12. The number of hydrogen-bond acceptors (Lipinski definition) is 6. The van der Waals surface area contributed by atoms with Gasteiger partial charge in [-0.2, -0.15) is 0 Å². The summed E-state index contributed by atoms with van der Waals surface area (Å²) in [5, 5.41) is 12.8. The number of carbonyl (C=O) groups is 2. The molecule has 0 saturated carbocycles. The molecule has 33 heavy (non-hydrogen) atoms. The maximum absolute atomic E-state index is 12.8. The van der Waals surface area contributed by atoms with Crippen LogP contribution in [0, 0.1) is 13.8 Å². The first-order valence-electron chi connectivity index (χ1n) is 10.6. The van der Waals surface area contributed by atoms with E-state index >= 15 is 0 Å². The third-order valence-corrected chi connectivity index (χ3v) is 6.64. The summed E-state index contributed by atoms with van der Waals surface area (Å²) in [5.74, 6) is 0.177. The van der Waals surface area contributed by atoms with Gasteiger partial charge in [0.05, 0.1) is 0 Å². The van der Waals surface area contributed by atoms with Crippen LogP contribution >= 0.6 is 22.9 Å². The Morgan fingerprint density at radius 3 is 2.48 bits per heavy atom. The zero-order valence-corrected chi connectivity index (χ0v) is 20.5. The molecule has 1 N–H and O–H groups in total. The lowest BCUT2D eigenvalue weighted by atomic mass is 10.1. The minimum absolute atomic E-state index is 0.0586. The molecule has 0 spiro atoms. The normalized spacial score (nSPS) is 16.2. The molecular weight excluding hydrogens is 460 g/mol. The van der Waals surface area contributed by atoms with E-state index in [1.165, 1.54) is 11.3 Å². The molecule has 4 rings (SSSR count). The van der Waals surface area contributed by atoms with Crippen LogP contribution in [-0.2, 0) is 9.59 Å². The summed E-state index contributed by atoms with van der Waals surface area (Å²) in [5.41, 5.74) is 2.00. The van der Waals surface area contributed by atoms with Crippen molar-refractivity contribution < 1.29 is 14.3 Å². The molecule has 1 unspecified atom stereocenters. The summed E-state index contributed by atoms with van der Waals surface area (Å²) >= 11 is 7.19. The molecule has 2 heterocycles. The number of hydrogen-bond donors (Lipinski definition) is 1. The number of ether oxygens (including phenoxy) is 1. The molecule has 172 valence electrons. The maximum Gasteiger partial charge on any atom is 0.269 e. The molecule has 1 fully saturated rings. The van der Waals surface area contributed by atoms with Crippen LogP contribution in [0.5, 0.6) is 5.75 Å². The minimum atomic E-state index is -1.14. The van der Waals surface area contributed by atoms with Crippen LogP contribution in [0.15, 0.2) is 42.5 Å². The number of rotatable bonds is 6. The van der Waals surface area contributed by atoms with Crippen molar-refractivity contribution in [1.82, 2.24) is 10.2 Å². The molecule has 7 nitrogen and oxygen atoms in total. The average molecular weight is 485 g/mol. The average Bonchev–Trinajstić information content (AvgIpc) is 3.35. The van der Waals surface area contributed by atoms with Gasteiger partial charge in [-0.1, -0.05) is 29.0 Å². The number of nitrogens with one attached hydrogen (secondary N) is 1. The number of nitrogens with zero attached hydrogens (tertiary/aromatic N) is 3. The lowest BCUT2D eigenvalue weighted by molar-refractivity contribution is -0.128. The first-order valence-corrected chi connectivity index (χ1v) is 11.8. The van der Waals surface area contributed by atoms with Gasteiger partial charge in [0.25, 0.3) is 5.91 Å². The van der Waals surface area contributed by atoms with E-state index in [1.54, 1.807) is 43.0 Å². The van der Waals surface area contributed by atoms with E-state index in [9.17, 15) is 9.59 Å². The lowest BCUT2D eigenvalue weighted by Crippen LogP contribution is -2.42. The predicted molar refractivity (Wildman–Crippen MR) is 130 cm³/mol. The Hall–Kier alpha value is -2.97. The van der Waals surface area contributed by atoms with Crippen molar-refractivity contribution >= 4 is 45.6 Å². The molecule has 0 aliphatic carbocycles. The Kier molecular flexibility index (Phi) is 6.41. The Balaban J connectivity index is 1.42. The first kappa shape index (κ1) is 23.2. The van der Waals surface area contributed by atoms with E-state index in [0.29, 0.717) is 28.9 Å². The van der Waals surface area contributed by atoms with E-state index in [2.05, 4.69) is 21.6 Å². The monoisotopic (exact) mass is 484 g/mol. The van der Waals surface area contributed by atoms with Gasteiger partial charge in [0.1, 0.15) is 10.8 Å². The second-order valence-corrected chi connectivity index (χ2v) is 10.2. The lowest BCUT2D eigenvalue weighted by Gasteiger charge is -2.24. The molecule has 1 saturated heterocycles. The van der Waals surface area contributed by atoms with Crippen molar-refractivity contribution in [2.75, 3.05) is 16.8 Å². The van der Waals surface area contributed by atoms with Crippen molar-refractivity contribution in [3.05, 3.63) is 63.6 Å². The van der Waals surface area contributed by atoms with Crippen molar-refractivity contribution in [2.45, 2.75) is 45.6 Å². The summed E-state index contributed by atoms with van der Waals surface area (Å²) in [4.78, 5) is 27.3. The van der Waals surface area contributed by atoms with E-state index < -0.39 is 5.60 Å². The molecule has 1 atom stereocenters. The summed E-state index contributed by atoms with van der Waals surface area (Å²) in [6, 6.07) is 12.9. The van der Waals surface area contributed by atoms with Crippen LogP contribution in [-0.4, -0.2) is 34.2 Å². The summed E-state index contributed by atoms with van der Waals surface area (Å²) in [6.07, 6.45) is 0.362. The summed E-state index contributed by atoms with van der Waals surface area (Å²) in [6.45, 7) is 7.93. The first-order chi connectivity index (χ1) is 15.6. The van der Waals surface area contributed by atoms with Gasteiger partial charge in [0.2, 0.25) is 11.0 Å². The van der Waals surface area contributed by atoms with E-state index in [4.69, 9.17) is 16.3 Å². The van der Waals surface area contributed by atoms with Crippen molar-refractivity contribution in [3.63, 3.8) is 0 Å². The van der Waals surface area contributed by atoms with Crippen LogP contribution < -0.4 is 15.0 Å². The van der Waals surface area contributed by atoms with E-state index in [1.807, 2.05) is 26.0 Å². The molecular formula is C24H25ClN4O3S. The zero-order valence-electron chi connectivity index (χ0n) is 18.9. The quantitative estimate of drug-likeness (QED) is 0.524. The summed E-state index contributed by atoms with van der Waals surface area (Å²) in [7, 11) is 0. The van der Waals surface area contributed by atoms with Crippen LogP contribution in [0.2, 0.25) is 5.02 Å². The molecule has 0 radical (unpaired) electrons. The molecule has 2 amide bonds. The highest BCUT2D eigenvalue weighted by molar-refractivity contribution is 7.15. The Bertz CT molecular complexity index is 1170. The standard InChI is InChI=1S/C24H25ClN4O3S/c1-14-9-15(2)11-18(10-14)29-13-16(12-20(29)30)21-27-28-23(33-21)26-22(31)24(3,4)32-19-7-5-17(25)6-8-19/h5-11,16H,12-13H2,1-4H3,(H,26,28,31). The van der Waals surface area contributed by atoms with Gasteiger partial charge in [-0.3, -0.25) is 14.9 Å². The highest BCUT2D eigenvalue weighted by Gasteiger charge is 2.35.